The van der Waals surface area contributed by atoms with Gasteiger partial charge < -0.3 is 47.4 Å². The second kappa shape index (κ2) is 34.3. The number of thiazole rings is 1. The molecule has 0 fully saturated rings. The molecule has 0 saturated carbocycles. The average molecular weight is 1160 g/mol. The number of carbonyl (C=O) groups excluding carboxylic acids is 5. The molecule has 0 N–H and O–H groups in total. The van der Waals surface area contributed by atoms with E-state index in [-0.39, 0.29) is 23.7 Å². The van der Waals surface area contributed by atoms with Gasteiger partial charge in [0.15, 0.2) is 0 Å². The van der Waals surface area contributed by atoms with Gasteiger partial charge in [-0.05, 0) is 172 Å². The van der Waals surface area contributed by atoms with Crippen LogP contribution in [0, 0.1) is 0 Å². The van der Waals surface area contributed by atoms with Crippen molar-refractivity contribution in [2.45, 2.75) is 58.0 Å². The molecule has 0 amide bonds. The normalized spacial score (nSPS) is 10.9. The van der Waals surface area contributed by atoms with Crippen LogP contribution in [0.1, 0.15) is 93.6 Å². The number of benzene rings is 6. The van der Waals surface area contributed by atoms with Gasteiger partial charge in [-0.3, -0.25) is 0 Å². The molecule has 0 unspecified atom stereocenters. The molecule has 7 rings (SSSR count). The topological polar surface area (TPSA) is 206 Å². The molecule has 0 atom stereocenters. The van der Waals surface area contributed by atoms with E-state index in [4.69, 9.17) is 57.5 Å². The molecule has 0 aliphatic rings. The molecular weight excluding hydrogens is 1090 g/mol. The van der Waals surface area contributed by atoms with Crippen LogP contribution in [0.3, 0.4) is 0 Å². The summed E-state index contributed by atoms with van der Waals surface area (Å²) in [6.07, 6.45) is 10.7. The molecule has 19 heteroatoms. The molecule has 0 aliphatic heterocycles. The minimum atomic E-state index is -0.660. The van der Waals surface area contributed by atoms with E-state index in [1.54, 1.807) is 109 Å². The van der Waals surface area contributed by atoms with Crippen LogP contribution in [0.5, 0.6) is 34.5 Å². The molecular formula is C65H67N3O15S. The summed E-state index contributed by atoms with van der Waals surface area (Å²) in [4.78, 5) is 66.8. The maximum absolute atomic E-state index is 13.6. The number of carbonyl (C=O) groups is 5. The minimum Gasteiger partial charge on any atom is -0.494 e. The standard InChI is InChI=1S/C65H67N3O15S/c1-4-60(69)78-39-14-8-6-12-37-76-52-28-20-48(21-29-52)62(71)81-54-26-18-47(19-27-54)46-80-58-35-34-56(44-51(58)45-66-68(36-41-75-43-42-74-3)65-67-57-16-10-11-17-59(57)84-65)83-64(73)50-24-32-55(33-25-50)82-63(72)49-22-30-53(31-23-49)77-38-13-7-9-15-40-79-61(70)5-2/h4-5,10-11,16-35,44-45H,1-2,6-9,12-15,36-43,46H2,3H3/b66-45+. The second-order valence-corrected chi connectivity index (χ2v) is 19.6. The van der Waals surface area contributed by atoms with Gasteiger partial charge >= 0.3 is 29.8 Å². The van der Waals surface area contributed by atoms with Gasteiger partial charge in [0.25, 0.3) is 0 Å². The van der Waals surface area contributed by atoms with Crippen LogP contribution >= 0.6 is 11.3 Å². The van der Waals surface area contributed by atoms with Crippen molar-refractivity contribution in [3.63, 3.8) is 0 Å². The van der Waals surface area contributed by atoms with Gasteiger partial charge in [0, 0.05) is 24.8 Å². The number of hydrogen-bond acceptors (Lipinski definition) is 19. The number of fused-ring (bicyclic) bond motifs is 1. The first-order valence-corrected chi connectivity index (χ1v) is 28.3. The van der Waals surface area contributed by atoms with E-state index in [0.29, 0.717) is 97.6 Å². The molecule has 0 bridgehead atoms. The summed E-state index contributed by atoms with van der Waals surface area (Å²) in [6, 6.07) is 39.1. The van der Waals surface area contributed by atoms with Gasteiger partial charge in [-0.2, -0.15) is 5.10 Å². The number of anilines is 1. The van der Waals surface area contributed by atoms with Gasteiger partial charge in [0.05, 0.1) is 85.9 Å². The number of para-hydroxylation sites is 1. The predicted octanol–water partition coefficient (Wildman–Crippen LogP) is 12.4. The lowest BCUT2D eigenvalue weighted by atomic mass is 10.2. The molecule has 0 radical (unpaired) electrons. The van der Waals surface area contributed by atoms with Crippen molar-refractivity contribution < 1.29 is 71.3 Å². The fourth-order valence-electron chi connectivity index (χ4n) is 7.83. The number of esters is 5. The summed E-state index contributed by atoms with van der Waals surface area (Å²) < 4.78 is 57.1. The summed E-state index contributed by atoms with van der Waals surface area (Å²) in [5, 5.41) is 7.24. The van der Waals surface area contributed by atoms with Crippen molar-refractivity contribution in [1.29, 1.82) is 0 Å². The van der Waals surface area contributed by atoms with Crippen molar-refractivity contribution in [2.75, 3.05) is 64.9 Å². The summed E-state index contributed by atoms with van der Waals surface area (Å²) >= 11 is 1.48. The number of rotatable bonds is 36. The monoisotopic (exact) mass is 1160 g/mol. The van der Waals surface area contributed by atoms with Gasteiger partial charge in [-0.25, -0.2) is 34.0 Å². The summed E-state index contributed by atoms with van der Waals surface area (Å²) in [6.45, 7) is 10.2. The number of unbranched alkanes of at least 4 members (excludes halogenated alkanes) is 6. The quantitative estimate of drug-likeness (QED) is 0.00894. The third-order valence-electron chi connectivity index (χ3n) is 12.4. The van der Waals surface area contributed by atoms with E-state index in [1.165, 1.54) is 35.6 Å². The third kappa shape index (κ3) is 21.0. The van der Waals surface area contributed by atoms with Crippen LogP contribution < -0.4 is 33.4 Å². The lowest BCUT2D eigenvalue weighted by Gasteiger charge is -2.17. The van der Waals surface area contributed by atoms with E-state index in [0.717, 1.165) is 79.3 Å². The summed E-state index contributed by atoms with van der Waals surface area (Å²) in [5.74, 6) is -0.168. The Labute approximate surface area is 492 Å². The van der Waals surface area contributed by atoms with Crippen molar-refractivity contribution in [2.24, 2.45) is 5.10 Å². The maximum Gasteiger partial charge on any atom is 0.343 e. The Hall–Kier alpha value is -9.17. The average Bonchev–Trinajstić information content (AvgIpc) is 4.20. The third-order valence-corrected chi connectivity index (χ3v) is 13.4. The highest BCUT2D eigenvalue weighted by atomic mass is 32.1. The highest BCUT2D eigenvalue weighted by Crippen LogP contribution is 2.31. The Bertz CT molecular complexity index is 3240. The predicted molar refractivity (Wildman–Crippen MR) is 319 cm³/mol. The van der Waals surface area contributed by atoms with Gasteiger partial charge in [-0.15, -0.1) is 0 Å². The largest absolute Gasteiger partial charge is 0.494 e. The zero-order valence-electron chi connectivity index (χ0n) is 46.8. The highest BCUT2D eigenvalue weighted by Gasteiger charge is 2.17. The molecule has 0 spiro atoms. The van der Waals surface area contributed by atoms with Crippen molar-refractivity contribution >= 4 is 62.7 Å². The Morgan fingerprint density at radius 2 is 1.01 bits per heavy atom. The Kier molecular flexibility index (Phi) is 25.5. The SMILES string of the molecule is C=CC(=O)OCCCCCCOc1ccc(C(=O)Oc2ccc(COc3ccc(OC(=O)c4ccc(OC(=O)c5ccc(OCCCCCCOC(=O)C=C)cc5)cc4)cc3/C=N/N(CCOCCOC)c3nc4ccccc4s3)cc2)cc1. The number of ether oxygens (including phenoxy) is 10. The van der Waals surface area contributed by atoms with Crippen molar-refractivity contribution in [3.8, 4) is 34.5 Å². The van der Waals surface area contributed by atoms with Crippen LogP contribution in [0.25, 0.3) is 10.2 Å². The van der Waals surface area contributed by atoms with Crippen molar-refractivity contribution in [3.05, 3.63) is 193 Å². The minimum absolute atomic E-state index is 0.119. The molecule has 1 aromatic heterocycles. The number of hydrazone groups is 1. The smallest absolute Gasteiger partial charge is 0.343 e. The van der Waals surface area contributed by atoms with Crippen LogP contribution in [-0.4, -0.2) is 101 Å². The van der Waals surface area contributed by atoms with Gasteiger partial charge in [0.2, 0.25) is 5.13 Å². The Balaban J connectivity index is 0.955. The van der Waals surface area contributed by atoms with E-state index in [9.17, 15) is 24.0 Å². The van der Waals surface area contributed by atoms with Gasteiger partial charge in [0.1, 0.15) is 41.1 Å². The van der Waals surface area contributed by atoms with E-state index >= 15 is 0 Å². The fraction of sp³-hybridized carbons (Fsp3) is 0.277. The summed E-state index contributed by atoms with van der Waals surface area (Å²) in [5.41, 5.74) is 2.96. The van der Waals surface area contributed by atoms with Crippen molar-refractivity contribution in [1.82, 2.24) is 4.98 Å². The number of methoxy groups -OCH3 is 1. The highest BCUT2D eigenvalue weighted by molar-refractivity contribution is 7.22. The van der Waals surface area contributed by atoms with Crippen LogP contribution in [0.2, 0.25) is 0 Å². The lowest BCUT2D eigenvalue weighted by molar-refractivity contribution is -0.138. The Morgan fingerprint density at radius 3 is 1.54 bits per heavy atom. The lowest BCUT2D eigenvalue weighted by Crippen LogP contribution is -2.22. The molecule has 84 heavy (non-hydrogen) atoms. The molecule has 1 heterocycles. The zero-order chi connectivity index (χ0) is 59.1. The number of aromatic nitrogens is 1. The molecule has 6 aromatic carbocycles. The first-order valence-electron chi connectivity index (χ1n) is 27.5. The molecule has 0 aliphatic carbocycles. The number of nitrogens with zero attached hydrogens (tertiary/aromatic N) is 3. The zero-order valence-corrected chi connectivity index (χ0v) is 47.6. The van der Waals surface area contributed by atoms with E-state index < -0.39 is 29.8 Å². The molecule has 7 aromatic rings. The molecule has 438 valence electrons. The van der Waals surface area contributed by atoms with Crippen LogP contribution in [-0.2, 0) is 35.1 Å². The first kappa shape index (κ1) is 62.4. The number of hydrogen-bond donors (Lipinski definition) is 0. The first-order chi connectivity index (χ1) is 41.1. The summed E-state index contributed by atoms with van der Waals surface area (Å²) in [7, 11) is 1.61. The fourth-order valence-corrected chi connectivity index (χ4v) is 8.78. The Morgan fingerprint density at radius 1 is 0.524 bits per heavy atom. The van der Waals surface area contributed by atoms with Crippen LogP contribution in [0.15, 0.2) is 170 Å². The maximum atomic E-state index is 13.6. The van der Waals surface area contributed by atoms with Crippen LogP contribution in [0.4, 0.5) is 5.13 Å². The van der Waals surface area contributed by atoms with Gasteiger partial charge in [-0.1, -0.05) is 48.8 Å². The van der Waals surface area contributed by atoms with E-state index in [1.807, 2.05) is 24.3 Å². The molecule has 18 nitrogen and oxygen atoms in total. The molecule has 0 saturated heterocycles. The second-order valence-electron chi connectivity index (χ2n) is 18.6. The van der Waals surface area contributed by atoms with E-state index in [2.05, 4.69) is 13.2 Å².